The van der Waals surface area contributed by atoms with Crippen LogP contribution in [0.3, 0.4) is 0 Å². The molecule has 0 saturated heterocycles. The van der Waals surface area contributed by atoms with Gasteiger partial charge in [0.2, 0.25) is 0 Å². The number of aryl methyl sites for hydroxylation is 1. The van der Waals surface area contributed by atoms with Crippen LogP contribution < -0.4 is 15.9 Å². The van der Waals surface area contributed by atoms with Crippen molar-refractivity contribution in [3.05, 3.63) is 114 Å². The zero-order valence-electron chi connectivity index (χ0n) is 23.7. The Bertz CT molecular complexity index is 1190. The minimum atomic E-state index is -2.10. The van der Waals surface area contributed by atoms with Gasteiger partial charge in [-0.2, -0.15) is 0 Å². The van der Waals surface area contributed by atoms with Crippen LogP contribution in [-0.4, -0.2) is 16.4 Å². The van der Waals surface area contributed by atoms with E-state index in [1.54, 1.807) is 6.07 Å². The molecule has 0 aromatic heterocycles. The zero-order chi connectivity index (χ0) is 27.5. The molecule has 0 amide bonds. The fraction of sp³-hybridized carbons (Fsp3) is 0.333. The number of hydrogen-bond acceptors (Lipinski definition) is 2. The van der Waals surface area contributed by atoms with Crippen molar-refractivity contribution in [1.82, 2.24) is 0 Å². The quantitative estimate of drug-likeness (QED) is 0.0964. The third-order valence-corrected chi connectivity index (χ3v) is 13.5. The van der Waals surface area contributed by atoms with E-state index in [0.29, 0.717) is 11.5 Å². The SMILES string of the molecule is Cc1c(O)cc(CCCCCCCCCC[PH](c2ccccc2)(c2ccccc2)c2ccccc2)c(O)c1C. The summed E-state index contributed by atoms with van der Waals surface area (Å²) in [6, 6.07) is 35.5. The van der Waals surface area contributed by atoms with Crippen LogP contribution in [0.2, 0.25) is 0 Å². The van der Waals surface area contributed by atoms with E-state index in [1.807, 2.05) is 13.8 Å². The van der Waals surface area contributed by atoms with E-state index in [0.717, 1.165) is 29.5 Å². The van der Waals surface area contributed by atoms with Gasteiger partial charge in [-0.1, -0.05) is 0 Å². The van der Waals surface area contributed by atoms with E-state index < -0.39 is 7.26 Å². The Hall–Kier alpha value is -3.09. The minimum absolute atomic E-state index is 0.291. The molecule has 0 aliphatic heterocycles. The molecule has 2 N–H and O–H groups in total. The van der Waals surface area contributed by atoms with E-state index in [9.17, 15) is 10.2 Å². The molecular formula is C36H45O2P. The van der Waals surface area contributed by atoms with Gasteiger partial charge >= 0.3 is 196 Å². The maximum absolute atomic E-state index is 10.4. The van der Waals surface area contributed by atoms with Crippen LogP contribution in [0.5, 0.6) is 11.5 Å². The molecule has 0 spiro atoms. The molecule has 3 heteroatoms. The van der Waals surface area contributed by atoms with Crippen LogP contribution in [0.1, 0.15) is 68.1 Å². The average molecular weight is 541 g/mol. The predicted octanol–water partition coefficient (Wildman–Crippen LogP) is 8.10. The van der Waals surface area contributed by atoms with Crippen LogP contribution >= 0.6 is 7.26 Å². The molecule has 0 bridgehead atoms. The van der Waals surface area contributed by atoms with Gasteiger partial charge in [-0.05, 0) is 25.0 Å². The first-order chi connectivity index (χ1) is 19.0. The van der Waals surface area contributed by atoms with Gasteiger partial charge < -0.3 is 10.2 Å². The molecule has 0 unspecified atom stereocenters. The topological polar surface area (TPSA) is 40.5 Å². The average Bonchev–Trinajstić information content (AvgIpc) is 2.99. The monoisotopic (exact) mass is 540 g/mol. The van der Waals surface area contributed by atoms with Crippen LogP contribution in [0.25, 0.3) is 0 Å². The second-order valence-electron chi connectivity index (χ2n) is 11.0. The van der Waals surface area contributed by atoms with Crippen LogP contribution in [0.4, 0.5) is 0 Å². The molecule has 2 nitrogen and oxygen atoms in total. The Morgan fingerprint density at radius 3 is 1.38 bits per heavy atom. The summed E-state index contributed by atoms with van der Waals surface area (Å²) in [4.78, 5) is 0. The van der Waals surface area contributed by atoms with Crippen LogP contribution in [0, 0.1) is 13.8 Å². The summed E-state index contributed by atoms with van der Waals surface area (Å²) in [5, 5.41) is 25.0. The van der Waals surface area contributed by atoms with Crippen molar-refractivity contribution in [1.29, 1.82) is 0 Å². The van der Waals surface area contributed by atoms with Gasteiger partial charge in [0, 0.05) is 0 Å². The number of phenolic OH excluding ortho intramolecular Hbond substituents is 2. The molecule has 39 heavy (non-hydrogen) atoms. The number of hydrogen-bond donors (Lipinski definition) is 2. The van der Waals surface area contributed by atoms with Crippen molar-refractivity contribution in [2.45, 2.75) is 71.6 Å². The number of phenols is 2. The summed E-state index contributed by atoms with van der Waals surface area (Å²) < 4.78 is 0. The van der Waals surface area contributed by atoms with Crippen molar-refractivity contribution in [2.24, 2.45) is 0 Å². The van der Waals surface area contributed by atoms with E-state index in [2.05, 4.69) is 91.0 Å². The van der Waals surface area contributed by atoms with Crippen molar-refractivity contribution in [2.75, 3.05) is 6.16 Å². The summed E-state index contributed by atoms with van der Waals surface area (Å²) in [6.07, 6.45) is 11.9. The van der Waals surface area contributed by atoms with Crippen molar-refractivity contribution in [3.63, 3.8) is 0 Å². The Labute approximate surface area is 236 Å². The molecule has 0 atom stereocenters. The molecule has 4 aromatic rings. The molecule has 0 aliphatic carbocycles. The second-order valence-corrected chi connectivity index (χ2v) is 15.0. The molecule has 0 aliphatic rings. The van der Waals surface area contributed by atoms with Crippen molar-refractivity contribution >= 4 is 23.2 Å². The van der Waals surface area contributed by atoms with Crippen LogP contribution in [-0.2, 0) is 6.42 Å². The minimum Gasteiger partial charge on any atom is -0.507 e. The van der Waals surface area contributed by atoms with Gasteiger partial charge in [-0.15, -0.1) is 0 Å². The summed E-state index contributed by atoms with van der Waals surface area (Å²) in [5.74, 6) is 0.644. The molecular weight excluding hydrogens is 495 g/mol. The smallest absolute Gasteiger partial charge is 0.507 e. The third-order valence-electron chi connectivity index (χ3n) is 8.46. The third kappa shape index (κ3) is 7.11. The number of aromatic hydroxyl groups is 2. The van der Waals surface area contributed by atoms with Gasteiger partial charge in [0.05, 0.1) is 0 Å². The number of unbranched alkanes of at least 4 members (excludes halogenated alkanes) is 7. The van der Waals surface area contributed by atoms with E-state index in [4.69, 9.17) is 0 Å². The second kappa shape index (κ2) is 14.3. The fourth-order valence-corrected chi connectivity index (χ4v) is 10.9. The number of rotatable bonds is 14. The van der Waals surface area contributed by atoms with E-state index in [1.165, 1.54) is 67.0 Å². The summed E-state index contributed by atoms with van der Waals surface area (Å²) in [7, 11) is -2.10. The first kappa shape index (κ1) is 28.9. The standard InChI is InChI=1S/C36H45O2P/c1-29-30(2)36(38)31(28-35(29)37)20-12-7-5-3-4-6-8-19-27-39(32-21-13-9-14-22-32,33-23-15-10-16-24-33)34-25-17-11-18-26-34/h9-11,13-18,21-26,28,37-39H,3-8,12,19-20,27H2,1-2H3. The Kier molecular flexibility index (Phi) is 10.6. The zero-order valence-corrected chi connectivity index (χ0v) is 24.7. The van der Waals surface area contributed by atoms with Gasteiger partial charge in [-0.25, -0.2) is 0 Å². The van der Waals surface area contributed by atoms with Gasteiger partial charge in [0.25, 0.3) is 0 Å². The Morgan fingerprint density at radius 2 is 0.923 bits per heavy atom. The van der Waals surface area contributed by atoms with Crippen LogP contribution in [0.15, 0.2) is 97.1 Å². The first-order valence-electron chi connectivity index (χ1n) is 14.7. The Balaban J connectivity index is 1.28. The normalized spacial score (nSPS) is 11.9. The molecule has 206 valence electrons. The van der Waals surface area contributed by atoms with Gasteiger partial charge in [0.1, 0.15) is 5.75 Å². The molecule has 4 rings (SSSR count). The first-order valence-corrected chi connectivity index (χ1v) is 16.9. The van der Waals surface area contributed by atoms with E-state index in [-0.39, 0.29) is 0 Å². The molecule has 0 heterocycles. The summed E-state index contributed by atoms with van der Waals surface area (Å²) in [6.45, 7) is 3.72. The van der Waals surface area contributed by atoms with Crippen molar-refractivity contribution < 1.29 is 10.2 Å². The Morgan fingerprint density at radius 1 is 0.513 bits per heavy atom. The maximum atomic E-state index is 10.4. The molecule has 4 aromatic carbocycles. The summed E-state index contributed by atoms with van der Waals surface area (Å²) in [5.41, 5.74) is 2.44. The summed E-state index contributed by atoms with van der Waals surface area (Å²) >= 11 is 0. The molecule has 0 fully saturated rings. The van der Waals surface area contributed by atoms with Gasteiger partial charge in [0.15, 0.2) is 0 Å². The predicted molar refractivity (Wildman–Crippen MR) is 171 cm³/mol. The fourth-order valence-electron chi connectivity index (χ4n) is 6.01. The van der Waals surface area contributed by atoms with E-state index >= 15 is 0 Å². The van der Waals surface area contributed by atoms with Crippen molar-refractivity contribution in [3.8, 4) is 11.5 Å². The molecule has 0 saturated carbocycles. The number of benzene rings is 4. The van der Waals surface area contributed by atoms with Gasteiger partial charge in [-0.3, -0.25) is 0 Å². The molecule has 0 radical (unpaired) electrons.